The van der Waals surface area contributed by atoms with Gasteiger partial charge in [-0.3, -0.25) is 19.2 Å². The number of unbranched alkanes of at least 4 members (excludes halogenated alkanes) is 1. The molecule has 1 heterocycles. The predicted octanol–water partition coefficient (Wildman–Crippen LogP) is 0.519. The van der Waals surface area contributed by atoms with Gasteiger partial charge in [0, 0.05) is 36.4 Å². The summed E-state index contributed by atoms with van der Waals surface area (Å²) >= 11 is 0. The van der Waals surface area contributed by atoms with Crippen LogP contribution in [0.15, 0.2) is 54.7 Å². The minimum absolute atomic E-state index is 0.00523. The number of fused-ring (bicyclic) bond motifs is 1. The van der Waals surface area contributed by atoms with E-state index in [1.165, 1.54) is 12.1 Å². The molecule has 0 saturated carbocycles. The first-order chi connectivity index (χ1) is 21.5. The lowest BCUT2D eigenvalue weighted by molar-refractivity contribution is -0.142. The third-order valence-electron chi connectivity index (χ3n) is 7.31. The van der Waals surface area contributed by atoms with Crippen LogP contribution in [0.3, 0.4) is 0 Å². The molecule has 14 heteroatoms. The van der Waals surface area contributed by atoms with Gasteiger partial charge in [0.15, 0.2) is 0 Å². The number of carboxylic acids is 2. The van der Waals surface area contributed by atoms with E-state index in [9.17, 15) is 34.2 Å². The van der Waals surface area contributed by atoms with Gasteiger partial charge in [-0.2, -0.15) is 0 Å². The number of carbonyl (C=O) groups is 5. The van der Waals surface area contributed by atoms with Crippen LogP contribution in [0.4, 0.5) is 0 Å². The Morgan fingerprint density at radius 3 is 2.09 bits per heavy atom. The molecule has 4 unspecified atom stereocenters. The Kier molecular flexibility index (Phi) is 12.9. The van der Waals surface area contributed by atoms with E-state index in [1.54, 1.807) is 18.3 Å². The van der Waals surface area contributed by atoms with E-state index in [1.807, 2.05) is 24.3 Å². The minimum atomic E-state index is -1.35. The Balaban J connectivity index is 1.84. The first-order valence-corrected chi connectivity index (χ1v) is 14.6. The highest BCUT2D eigenvalue weighted by Gasteiger charge is 2.31. The number of H-pyrrole nitrogens is 1. The Morgan fingerprint density at radius 1 is 0.778 bits per heavy atom. The van der Waals surface area contributed by atoms with E-state index in [4.69, 9.17) is 16.6 Å². The van der Waals surface area contributed by atoms with Crippen molar-refractivity contribution in [3.8, 4) is 5.75 Å². The fourth-order valence-electron chi connectivity index (χ4n) is 4.79. The molecule has 4 atom stereocenters. The van der Waals surface area contributed by atoms with E-state index >= 15 is 0 Å². The Morgan fingerprint density at radius 2 is 1.42 bits per heavy atom. The number of hydrogen-bond acceptors (Lipinski definition) is 8. The monoisotopic (exact) mass is 624 g/mol. The van der Waals surface area contributed by atoms with Crippen LogP contribution in [0.5, 0.6) is 5.75 Å². The van der Waals surface area contributed by atoms with E-state index in [0.29, 0.717) is 30.5 Å². The van der Waals surface area contributed by atoms with Crippen molar-refractivity contribution in [1.29, 1.82) is 0 Å². The maximum Gasteiger partial charge on any atom is 0.326 e. The topological polar surface area (TPSA) is 250 Å². The molecule has 0 fully saturated rings. The van der Waals surface area contributed by atoms with E-state index in [-0.39, 0.29) is 37.9 Å². The number of para-hydroxylation sites is 1. The highest BCUT2D eigenvalue weighted by atomic mass is 16.4. The number of amides is 3. The maximum atomic E-state index is 13.6. The lowest BCUT2D eigenvalue weighted by atomic mass is 10.0. The number of rotatable bonds is 18. The second-order valence-corrected chi connectivity index (χ2v) is 10.8. The summed E-state index contributed by atoms with van der Waals surface area (Å²) < 4.78 is 0. The van der Waals surface area contributed by atoms with Crippen molar-refractivity contribution in [3.63, 3.8) is 0 Å². The fraction of sp³-hybridized carbons (Fsp3) is 0.387. The van der Waals surface area contributed by atoms with Crippen LogP contribution < -0.4 is 27.4 Å². The summed E-state index contributed by atoms with van der Waals surface area (Å²) in [6.45, 7) is 0.351. The van der Waals surface area contributed by atoms with Crippen molar-refractivity contribution in [2.75, 3.05) is 6.54 Å². The Labute approximate surface area is 259 Å². The number of benzene rings is 2. The molecule has 3 amide bonds. The van der Waals surface area contributed by atoms with Gasteiger partial charge in [-0.25, -0.2) is 4.79 Å². The molecule has 0 spiro atoms. The number of phenols is 1. The van der Waals surface area contributed by atoms with Gasteiger partial charge in [0.2, 0.25) is 17.7 Å². The Bertz CT molecular complexity index is 1470. The van der Waals surface area contributed by atoms with Crippen molar-refractivity contribution in [2.24, 2.45) is 11.5 Å². The van der Waals surface area contributed by atoms with Gasteiger partial charge in [-0.15, -0.1) is 0 Å². The van der Waals surface area contributed by atoms with Crippen LogP contribution in [-0.4, -0.2) is 80.7 Å². The number of aromatic amines is 1. The van der Waals surface area contributed by atoms with E-state index < -0.39 is 53.8 Å². The number of nitrogens with one attached hydrogen (secondary N) is 4. The third kappa shape index (κ3) is 10.6. The van der Waals surface area contributed by atoms with Crippen molar-refractivity contribution in [3.05, 3.63) is 65.9 Å². The molecule has 1 aromatic heterocycles. The molecule has 3 aromatic rings. The van der Waals surface area contributed by atoms with Crippen molar-refractivity contribution in [2.45, 2.75) is 69.1 Å². The molecule has 242 valence electrons. The summed E-state index contributed by atoms with van der Waals surface area (Å²) in [5.41, 5.74) is 13.5. The van der Waals surface area contributed by atoms with Gasteiger partial charge in [0.25, 0.3) is 0 Å². The average molecular weight is 625 g/mol. The number of nitrogens with two attached hydrogens (primary N) is 2. The summed E-state index contributed by atoms with van der Waals surface area (Å²) in [5.74, 6) is -4.59. The van der Waals surface area contributed by atoms with Crippen LogP contribution in [0.2, 0.25) is 0 Å². The smallest absolute Gasteiger partial charge is 0.326 e. The first kappa shape index (κ1) is 34.5. The van der Waals surface area contributed by atoms with Gasteiger partial charge < -0.3 is 47.7 Å². The lowest BCUT2D eigenvalue weighted by Crippen LogP contribution is -2.57. The van der Waals surface area contributed by atoms with E-state index in [0.717, 1.165) is 10.9 Å². The zero-order valence-corrected chi connectivity index (χ0v) is 24.7. The SMILES string of the molecule is NCCCCC(NC(=O)C(N)CCC(=O)O)C(=O)NC(Cc1c[nH]c2ccccc12)C(=O)NC(Cc1ccc(O)cc1)C(=O)O. The second-order valence-electron chi connectivity index (χ2n) is 10.8. The van der Waals surface area contributed by atoms with Crippen LogP contribution in [0.25, 0.3) is 10.9 Å². The number of aromatic nitrogens is 1. The second kappa shape index (κ2) is 16.8. The molecular weight excluding hydrogens is 584 g/mol. The summed E-state index contributed by atoms with van der Waals surface area (Å²) in [5, 5.41) is 36.9. The molecule has 0 bridgehead atoms. The zero-order valence-electron chi connectivity index (χ0n) is 24.7. The fourth-order valence-corrected chi connectivity index (χ4v) is 4.79. The normalized spacial score (nSPS) is 13.7. The van der Waals surface area contributed by atoms with Crippen molar-refractivity contribution in [1.82, 2.24) is 20.9 Å². The van der Waals surface area contributed by atoms with Gasteiger partial charge in [0.05, 0.1) is 6.04 Å². The quantitative estimate of drug-likeness (QED) is 0.0887. The molecule has 3 rings (SSSR count). The maximum absolute atomic E-state index is 13.6. The summed E-state index contributed by atoms with van der Waals surface area (Å²) in [4.78, 5) is 66.1. The summed E-state index contributed by atoms with van der Waals surface area (Å²) in [6, 6.07) is 8.36. The number of carboxylic acid groups (broad SMARTS) is 2. The number of phenolic OH excluding ortho intramolecular Hbond substituents is 1. The molecule has 0 aliphatic rings. The molecule has 0 aliphatic carbocycles. The summed E-state index contributed by atoms with van der Waals surface area (Å²) in [7, 11) is 0. The number of aliphatic carboxylic acids is 2. The predicted molar refractivity (Wildman–Crippen MR) is 165 cm³/mol. The van der Waals surface area contributed by atoms with E-state index in [2.05, 4.69) is 20.9 Å². The zero-order chi connectivity index (χ0) is 32.9. The van der Waals surface area contributed by atoms with Gasteiger partial charge in [0.1, 0.15) is 23.9 Å². The van der Waals surface area contributed by atoms with Crippen LogP contribution in [-0.2, 0) is 36.8 Å². The molecule has 11 N–H and O–H groups in total. The number of hydrogen-bond donors (Lipinski definition) is 9. The lowest BCUT2D eigenvalue weighted by Gasteiger charge is -2.25. The summed E-state index contributed by atoms with van der Waals surface area (Å²) in [6.07, 6.45) is 2.33. The molecule has 0 saturated heterocycles. The molecule has 0 radical (unpaired) electrons. The standard InChI is InChI=1S/C31H40N6O8/c32-14-4-3-7-24(35-28(41)22(33)12-13-27(39)40)29(42)36-25(16-19-17-34-23-6-2-1-5-21(19)23)30(43)37-26(31(44)45)15-18-8-10-20(38)11-9-18/h1-2,5-6,8-11,17,22,24-26,34,38H,3-4,7,12-16,32-33H2,(H,35,41)(H,36,42)(H,37,43)(H,39,40)(H,44,45). The van der Waals surface area contributed by atoms with Crippen LogP contribution >= 0.6 is 0 Å². The van der Waals surface area contributed by atoms with Crippen LogP contribution in [0, 0.1) is 0 Å². The average Bonchev–Trinajstić information content (AvgIpc) is 3.42. The largest absolute Gasteiger partial charge is 0.508 e. The molecule has 45 heavy (non-hydrogen) atoms. The number of aromatic hydroxyl groups is 1. The highest BCUT2D eigenvalue weighted by Crippen LogP contribution is 2.20. The molecule has 14 nitrogen and oxygen atoms in total. The van der Waals surface area contributed by atoms with Gasteiger partial charge in [-0.1, -0.05) is 30.3 Å². The first-order valence-electron chi connectivity index (χ1n) is 14.6. The Hall–Kier alpha value is -4.95. The van der Waals surface area contributed by atoms with Crippen LogP contribution in [0.1, 0.15) is 43.2 Å². The third-order valence-corrected chi connectivity index (χ3v) is 7.31. The number of carbonyl (C=O) groups excluding carboxylic acids is 3. The molecular formula is C31H40N6O8. The molecule has 2 aromatic carbocycles. The highest BCUT2D eigenvalue weighted by molar-refractivity contribution is 5.95. The van der Waals surface area contributed by atoms with Gasteiger partial charge >= 0.3 is 11.9 Å². The molecule has 0 aliphatic heterocycles. The minimum Gasteiger partial charge on any atom is -0.508 e. The van der Waals surface area contributed by atoms with Gasteiger partial charge in [-0.05, 0) is 61.6 Å². The van der Waals surface area contributed by atoms with Crippen molar-refractivity contribution >= 4 is 40.6 Å². The van der Waals surface area contributed by atoms with Crippen molar-refractivity contribution < 1.29 is 39.3 Å².